The van der Waals surface area contributed by atoms with Crippen LogP contribution in [0, 0.1) is 17.8 Å². The molecule has 130 valence electrons. The quantitative estimate of drug-likeness (QED) is 0.850. The van der Waals surface area contributed by atoms with Crippen LogP contribution in [0.15, 0.2) is 12.1 Å². The highest BCUT2D eigenvalue weighted by Gasteiger charge is 2.41. The van der Waals surface area contributed by atoms with Crippen molar-refractivity contribution >= 4 is 29.0 Å². The number of nitrogens with one attached hydrogen (secondary N) is 1. The molecule has 3 rings (SSSR count). The molecule has 0 radical (unpaired) electrons. The third-order valence-corrected chi connectivity index (χ3v) is 6.10. The molecule has 0 aliphatic heterocycles. The van der Waals surface area contributed by atoms with Crippen molar-refractivity contribution in [3.63, 3.8) is 0 Å². The van der Waals surface area contributed by atoms with E-state index in [1.807, 2.05) is 12.1 Å². The zero-order chi connectivity index (χ0) is 17.3. The van der Waals surface area contributed by atoms with Crippen molar-refractivity contribution in [1.82, 2.24) is 0 Å². The first-order valence-electron chi connectivity index (χ1n) is 9.19. The molecule has 0 heterocycles. The second-order valence-corrected chi connectivity index (χ2v) is 7.56. The highest BCUT2D eigenvalue weighted by Crippen LogP contribution is 2.41. The van der Waals surface area contributed by atoms with Gasteiger partial charge in [-0.1, -0.05) is 37.9 Å². The summed E-state index contributed by atoms with van der Waals surface area (Å²) in [5.74, 6) is 0.613. The van der Waals surface area contributed by atoms with E-state index >= 15 is 0 Å². The van der Waals surface area contributed by atoms with E-state index in [1.165, 1.54) is 0 Å². The van der Waals surface area contributed by atoms with Crippen molar-refractivity contribution in [3.8, 4) is 0 Å². The van der Waals surface area contributed by atoms with Crippen molar-refractivity contribution in [2.45, 2.75) is 58.8 Å². The summed E-state index contributed by atoms with van der Waals surface area (Å²) < 4.78 is 0. The van der Waals surface area contributed by atoms with Gasteiger partial charge in [0, 0.05) is 28.5 Å². The van der Waals surface area contributed by atoms with Gasteiger partial charge in [0.2, 0.25) is 5.91 Å². The maximum absolute atomic E-state index is 12.9. The Bertz CT molecular complexity index is 639. The number of hydrogen-bond acceptors (Lipinski definition) is 2. The van der Waals surface area contributed by atoms with Crippen molar-refractivity contribution in [2.75, 3.05) is 5.32 Å². The minimum atomic E-state index is -0.0496. The number of carbonyl (C=O) groups is 2. The lowest BCUT2D eigenvalue weighted by molar-refractivity contribution is -0.136. The Morgan fingerprint density at radius 3 is 2.42 bits per heavy atom. The fraction of sp³-hybridized carbons (Fsp3) is 0.600. The predicted octanol–water partition coefficient (Wildman–Crippen LogP) is 4.80. The summed E-state index contributed by atoms with van der Waals surface area (Å²) in [6, 6.07) is 3.91. The molecule has 2 aliphatic rings. The molecule has 1 N–H and O–H groups in total. The Labute approximate surface area is 149 Å². The molecule has 2 unspecified atom stereocenters. The second-order valence-electron chi connectivity index (χ2n) is 7.15. The first kappa shape index (κ1) is 17.5. The standard InChI is InChI=1S/C20H26ClNO2/c1-3-12-8-9-17(21)16(4-2)18(12)22-20(24)15-10-13-6-5-7-14(11-15)19(13)23/h8-9,13-15H,3-7,10-11H2,1-2H3,(H,22,24). The lowest BCUT2D eigenvalue weighted by atomic mass is 9.67. The fourth-order valence-corrected chi connectivity index (χ4v) is 4.68. The maximum atomic E-state index is 12.9. The van der Waals surface area contributed by atoms with Crippen molar-refractivity contribution in [2.24, 2.45) is 17.8 Å². The van der Waals surface area contributed by atoms with E-state index in [2.05, 4.69) is 19.2 Å². The van der Waals surface area contributed by atoms with Gasteiger partial charge in [-0.15, -0.1) is 0 Å². The van der Waals surface area contributed by atoms with Gasteiger partial charge in [0.05, 0.1) is 0 Å². The number of aryl methyl sites for hydroxylation is 1. The molecule has 0 saturated heterocycles. The summed E-state index contributed by atoms with van der Waals surface area (Å²) >= 11 is 6.33. The van der Waals surface area contributed by atoms with E-state index in [9.17, 15) is 9.59 Å². The molecule has 3 nitrogen and oxygen atoms in total. The fourth-order valence-electron chi connectivity index (χ4n) is 4.39. The molecule has 0 aromatic heterocycles. The molecular formula is C20H26ClNO2. The molecule has 0 spiro atoms. The maximum Gasteiger partial charge on any atom is 0.227 e. The summed E-state index contributed by atoms with van der Waals surface area (Å²) in [4.78, 5) is 25.1. The molecule has 1 amide bonds. The molecule has 4 heteroatoms. The molecule has 2 atom stereocenters. The minimum absolute atomic E-state index is 0.0496. The van der Waals surface area contributed by atoms with Gasteiger partial charge < -0.3 is 5.32 Å². The van der Waals surface area contributed by atoms with Gasteiger partial charge in [0.1, 0.15) is 5.78 Å². The number of anilines is 1. The molecule has 1 aromatic rings. The Hall–Kier alpha value is -1.35. The average molecular weight is 348 g/mol. The van der Waals surface area contributed by atoms with Gasteiger partial charge in [-0.05, 0) is 55.7 Å². The summed E-state index contributed by atoms with van der Waals surface area (Å²) in [6.45, 7) is 4.14. The van der Waals surface area contributed by atoms with Crippen LogP contribution in [0.25, 0.3) is 0 Å². The zero-order valence-electron chi connectivity index (χ0n) is 14.5. The number of carbonyl (C=O) groups excluding carboxylic acids is 2. The van der Waals surface area contributed by atoms with Gasteiger partial charge in [0.25, 0.3) is 0 Å². The van der Waals surface area contributed by atoms with Crippen LogP contribution in [0.1, 0.15) is 57.1 Å². The minimum Gasteiger partial charge on any atom is -0.325 e. The Balaban J connectivity index is 1.80. The number of amides is 1. The monoisotopic (exact) mass is 347 g/mol. The number of halogens is 1. The molecule has 24 heavy (non-hydrogen) atoms. The topological polar surface area (TPSA) is 46.2 Å². The van der Waals surface area contributed by atoms with Gasteiger partial charge in [-0.2, -0.15) is 0 Å². The van der Waals surface area contributed by atoms with Crippen LogP contribution in [0.3, 0.4) is 0 Å². The largest absolute Gasteiger partial charge is 0.325 e. The van der Waals surface area contributed by atoms with Crippen molar-refractivity contribution in [1.29, 1.82) is 0 Å². The summed E-state index contributed by atoms with van der Waals surface area (Å²) in [7, 11) is 0. The molecule has 2 bridgehead atoms. The van der Waals surface area contributed by atoms with E-state index in [0.717, 1.165) is 48.9 Å². The summed E-state index contributed by atoms with van der Waals surface area (Å²) in [5, 5.41) is 3.87. The Morgan fingerprint density at radius 1 is 1.17 bits per heavy atom. The van der Waals surface area contributed by atoms with Crippen LogP contribution in [0.2, 0.25) is 5.02 Å². The Morgan fingerprint density at radius 2 is 1.83 bits per heavy atom. The second kappa shape index (κ2) is 7.26. The number of benzene rings is 1. The highest BCUT2D eigenvalue weighted by atomic mass is 35.5. The molecule has 2 fully saturated rings. The summed E-state index contributed by atoms with van der Waals surface area (Å²) in [5.41, 5.74) is 3.02. The first-order chi connectivity index (χ1) is 11.5. The van der Waals surface area contributed by atoms with Crippen molar-refractivity contribution in [3.05, 3.63) is 28.3 Å². The smallest absolute Gasteiger partial charge is 0.227 e. The van der Waals surface area contributed by atoms with Gasteiger partial charge in [0.15, 0.2) is 0 Å². The van der Waals surface area contributed by atoms with Crippen LogP contribution in [0.5, 0.6) is 0 Å². The van der Waals surface area contributed by atoms with E-state index in [-0.39, 0.29) is 23.7 Å². The van der Waals surface area contributed by atoms with E-state index in [1.54, 1.807) is 0 Å². The highest BCUT2D eigenvalue weighted by molar-refractivity contribution is 6.32. The predicted molar refractivity (Wildman–Crippen MR) is 97.4 cm³/mol. The first-order valence-corrected chi connectivity index (χ1v) is 9.57. The number of fused-ring (bicyclic) bond motifs is 2. The average Bonchev–Trinajstić information content (AvgIpc) is 2.55. The van der Waals surface area contributed by atoms with Gasteiger partial charge >= 0.3 is 0 Å². The third kappa shape index (κ3) is 3.23. The number of hydrogen-bond donors (Lipinski definition) is 1. The number of ketones is 1. The van der Waals surface area contributed by atoms with Gasteiger partial charge in [-0.3, -0.25) is 9.59 Å². The lowest BCUT2D eigenvalue weighted by Crippen LogP contribution is -2.40. The van der Waals surface area contributed by atoms with Crippen LogP contribution in [-0.4, -0.2) is 11.7 Å². The van der Waals surface area contributed by atoms with Crippen LogP contribution >= 0.6 is 11.6 Å². The third-order valence-electron chi connectivity index (χ3n) is 5.74. The van der Waals surface area contributed by atoms with Crippen LogP contribution in [0.4, 0.5) is 5.69 Å². The molecule has 2 saturated carbocycles. The van der Waals surface area contributed by atoms with E-state index in [4.69, 9.17) is 11.6 Å². The van der Waals surface area contributed by atoms with Crippen LogP contribution < -0.4 is 5.32 Å². The normalized spacial score (nSPS) is 26.3. The van der Waals surface area contributed by atoms with Crippen molar-refractivity contribution < 1.29 is 9.59 Å². The summed E-state index contributed by atoms with van der Waals surface area (Å²) in [6.07, 6.45) is 6.11. The molecule has 2 aliphatic carbocycles. The SMILES string of the molecule is CCc1ccc(Cl)c(CC)c1NC(=O)C1CC2CCCC(C1)C2=O. The zero-order valence-corrected chi connectivity index (χ0v) is 15.3. The molecular weight excluding hydrogens is 322 g/mol. The number of Topliss-reactive ketones (excluding diaryl/α,β-unsaturated/α-hetero) is 1. The van der Waals surface area contributed by atoms with E-state index in [0.29, 0.717) is 23.6 Å². The lowest BCUT2D eigenvalue weighted by Gasteiger charge is -2.37. The Kier molecular flexibility index (Phi) is 5.29. The van der Waals surface area contributed by atoms with Gasteiger partial charge in [-0.25, -0.2) is 0 Å². The molecule has 1 aromatic carbocycles. The van der Waals surface area contributed by atoms with E-state index < -0.39 is 0 Å². The van der Waals surface area contributed by atoms with Crippen LogP contribution in [-0.2, 0) is 22.4 Å². The number of rotatable bonds is 4.